The van der Waals surface area contributed by atoms with Crippen LogP contribution < -0.4 is 5.32 Å². The van der Waals surface area contributed by atoms with Crippen LogP contribution in [0.25, 0.3) is 0 Å². The van der Waals surface area contributed by atoms with Crippen LogP contribution >= 0.6 is 0 Å². The van der Waals surface area contributed by atoms with Gasteiger partial charge in [-0.2, -0.15) is 8.78 Å². The molecule has 25 heavy (non-hydrogen) atoms. The molecule has 1 aliphatic heterocycles. The number of amides is 1. The number of nitrogens with zero attached hydrogens (tertiary/aromatic N) is 1. The van der Waals surface area contributed by atoms with Crippen molar-refractivity contribution in [3.8, 4) is 0 Å². The van der Waals surface area contributed by atoms with Crippen LogP contribution in [0.15, 0.2) is 48.8 Å². The minimum Gasteiger partial charge on any atom is -0.373 e. The summed E-state index contributed by atoms with van der Waals surface area (Å²) >= 11 is 0. The Balaban J connectivity index is 1.65. The van der Waals surface area contributed by atoms with Crippen molar-refractivity contribution in [1.29, 1.82) is 0 Å². The van der Waals surface area contributed by atoms with E-state index in [2.05, 4.69) is 10.3 Å². The summed E-state index contributed by atoms with van der Waals surface area (Å²) in [6, 6.07) is 9.73. The molecule has 0 bridgehead atoms. The normalized spacial score (nSPS) is 20.4. The number of rotatable bonds is 5. The first-order chi connectivity index (χ1) is 12.0. The zero-order valence-electron chi connectivity index (χ0n) is 13.9. The molecular formula is C19H20F2N2O2. The third kappa shape index (κ3) is 4.02. The van der Waals surface area contributed by atoms with Crippen LogP contribution in [0.3, 0.4) is 0 Å². The SMILES string of the molecule is Cc1cccc(C(F)(F)CNC(=O)[C@H]2CCO[C@@H]2c2cccnc2)c1. The number of aryl methyl sites for hydroxylation is 1. The van der Waals surface area contributed by atoms with Crippen molar-refractivity contribution in [2.24, 2.45) is 5.92 Å². The molecule has 1 amide bonds. The highest BCUT2D eigenvalue weighted by atomic mass is 19.3. The van der Waals surface area contributed by atoms with Crippen molar-refractivity contribution in [2.45, 2.75) is 25.4 Å². The lowest BCUT2D eigenvalue weighted by Crippen LogP contribution is -2.39. The van der Waals surface area contributed by atoms with Gasteiger partial charge in [-0.15, -0.1) is 0 Å². The molecule has 0 spiro atoms. The van der Waals surface area contributed by atoms with Gasteiger partial charge in [0, 0.05) is 24.6 Å². The predicted molar refractivity (Wildman–Crippen MR) is 89.1 cm³/mol. The van der Waals surface area contributed by atoms with Crippen molar-refractivity contribution < 1.29 is 18.3 Å². The number of hydrogen-bond donors (Lipinski definition) is 1. The van der Waals surface area contributed by atoms with E-state index in [1.54, 1.807) is 37.5 Å². The number of ether oxygens (including phenoxy) is 1. The van der Waals surface area contributed by atoms with Gasteiger partial charge in [0.2, 0.25) is 5.91 Å². The molecule has 1 saturated heterocycles. The molecule has 3 rings (SSSR count). The molecule has 0 unspecified atom stereocenters. The van der Waals surface area contributed by atoms with E-state index in [9.17, 15) is 13.6 Å². The summed E-state index contributed by atoms with van der Waals surface area (Å²) in [5.74, 6) is -4.03. The average molecular weight is 346 g/mol. The first kappa shape index (κ1) is 17.5. The summed E-state index contributed by atoms with van der Waals surface area (Å²) in [7, 11) is 0. The van der Waals surface area contributed by atoms with E-state index >= 15 is 0 Å². The Morgan fingerprint density at radius 2 is 2.20 bits per heavy atom. The van der Waals surface area contributed by atoms with E-state index in [1.807, 2.05) is 6.07 Å². The maximum absolute atomic E-state index is 14.3. The van der Waals surface area contributed by atoms with Gasteiger partial charge in [0.15, 0.2) is 0 Å². The Hall–Kier alpha value is -2.34. The number of carbonyl (C=O) groups is 1. The highest BCUT2D eigenvalue weighted by molar-refractivity contribution is 5.79. The Morgan fingerprint density at radius 3 is 2.92 bits per heavy atom. The summed E-state index contributed by atoms with van der Waals surface area (Å²) in [6.07, 6.45) is 3.33. The molecule has 132 valence electrons. The average Bonchev–Trinajstić information content (AvgIpc) is 3.10. The maximum atomic E-state index is 14.3. The summed E-state index contributed by atoms with van der Waals surface area (Å²) in [5.41, 5.74) is 1.44. The first-order valence-electron chi connectivity index (χ1n) is 8.21. The molecule has 1 aromatic carbocycles. The van der Waals surface area contributed by atoms with Gasteiger partial charge in [0.1, 0.15) is 0 Å². The first-order valence-corrected chi connectivity index (χ1v) is 8.21. The number of alkyl halides is 2. The molecule has 2 heterocycles. The molecule has 1 N–H and O–H groups in total. The van der Waals surface area contributed by atoms with Gasteiger partial charge in [-0.1, -0.05) is 35.9 Å². The summed E-state index contributed by atoms with van der Waals surface area (Å²) in [4.78, 5) is 16.5. The standard InChI is InChI=1S/C19H20F2N2O2/c1-13-4-2-6-15(10-13)19(20,21)12-23-18(24)16-7-9-25-17(16)14-5-3-8-22-11-14/h2-6,8,10-11,16-17H,7,9,12H2,1H3,(H,23,24)/t16-,17+/m0/s1. The number of benzene rings is 1. The largest absolute Gasteiger partial charge is 0.373 e. The Bertz CT molecular complexity index is 737. The minimum absolute atomic E-state index is 0.0979. The second-order valence-corrected chi connectivity index (χ2v) is 6.26. The fourth-order valence-electron chi connectivity index (χ4n) is 3.03. The van der Waals surface area contributed by atoms with Gasteiger partial charge < -0.3 is 10.1 Å². The van der Waals surface area contributed by atoms with Gasteiger partial charge >= 0.3 is 0 Å². The van der Waals surface area contributed by atoms with Crippen LogP contribution in [0, 0.1) is 12.8 Å². The summed E-state index contributed by atoms with van der Waals surface area (Å²) in [6.45, 7) is 1.45. The van der Waals surface area contributed by atoms with Crippen LogP contribution in [0.5, 0.6) is 0 Å². The van der Waals surface area contributed by atoms with E-state index in [0.717, 1.165) is 11.1 Å². The number of carbonyl (C=O) groups excluding carboxylic acids is 1. The van der Waals surface area contributed by atoms with E-state index in [-0.39, 0.29) is 5.56 Å². The second-order valence-electron chi connectivity index (χ2n) is 6.26. The van der Waals surface area contributed by atoms with Crippen LogP contribution in [-0.2, 0) is 15.5 Å². The Labute approximate surface area is 145 Å². The second kappa shape index (κ2) is 7.27. The molecule has 1 aromatic heterocycles. The molecule has 0 radical (unpaired) electrons. The van der Waals surface area contributed by atoms with Crippen LogP contribution in [0.2, 0.25) is 0 Å². The fraction of sp³-hybridized carbons (Fsp3) is 0.368. The minimum atomic E-state index is -3.12. The van der Waals surface area contributed by atoms with Crippen LogP contribution in [0.4, 0.5) is 8.78 Å². The fourth-order valence-corrected chi connectivity index (χ4v) is 3.03. The summed E-state index contributed by atoms with van der Waals surface area (Å²) in [5, 5.41) is 2.39. The highest BCUT2D eigenvalue weighted by Crippen LogP contribution is 2.35. The lowest BCUT2D eigenvalue weighted by molar-refractivity contribution is -0.129. The molecule has 4 nitrogen and oxygen atoms in total. The van der Waals surface area contributed by atoms with Crippen molar-refractivity contribution in [1.82, 2.24) is 10.3 Å². The highest BCUT2D eigenvalue weighted by Gasteiger charge is 2.38. The third-order valence-electron chi connectivity index (χ3n) is 4.37. The molecule has 1 aliphatic rings. The predicted octanol–water partition coefficient (Wildman–Crippen LogP) is 3.38. The van der Waals surface area contributed by atoms with Gasteiger partial charge in [-0.25, -0.2) is 0 Å². The van der Waals surface area contributed by atoms with E-state index in [0.29, 0.717) is 13.0 Å². The van der Waals surface area contributed by atoms with Gasteiger partial charge in [0.05, 0.1) is 18.6 Å². The zero-order valence-corrected chi connectivity index (χ0v) is 13.9. The van der Waals surface area contributed by atoms with Crippen LogP contribution in [-0.4, -0.2) is 24.0 Å². The molecule has 2 atom stereocenters. The topological polar surface area (TPSA) is 51.2 Å². The summed E-state index contributed by atoms with van der Waals surface area (Å²) < 4.78 is 34.3. The lowest BCUT2D eigenvalue weighted by Gasteiger charge is -2.21. The van der Waals surface area contributed by atoms with Gasteiger partial charge in [-0.05, 0) is 25.0 Å². The molecule has 2 aromatic rings. The number of aromatic nitrogens is 1. The maximum Gasteiger partial charge on any atom is 0.290 e. The van der Waals surface area contributed by atoms with E-state index < -0.39 is 30.4 Å². The number of pyridine rings is 1. The molecular weight excluding hydrogens is 326 g/mol. The molecule has 0 saturated carbocycles. The van der Waals surface area contributed by atoms with E-state index in [4.69, 9.17) is 4.74 Å². The smallest absolute Gasteiger partial charge is 0.290 e. The molecule has 1 fully saturated rings. The van der Waals surface area contributed by atoms with Crippen molar-refractivity contribution in [3.63, 3.8) is 0 Å². The third-order valence-corrected chi connectivity index (χ3v) is 4.37. The zero-order chi connectivity index (χ0) is 17.9. The van der Waals surface area contributed by atoms with Gasteiger partial charge in [0.25, 0.3) is 5.92 Å². The van der Waals surface area contributed by atoms with Crippen molar-refractivity contribution in [3.05, 3.63) is 65.5 Å². The van der Waals surface area contributed by atoms with Crippen molar-refractivity contribution in [2.75, 3.05) is 13.2 Å². The van der Waals surface area contributed by atoms with Crippen molar-refractivity contribution >= 4 is 5.91 Å². The quantitative estimate of drug-likeness (QED) is 0.903. The molecule has 6 heteroatoms. The number of nitrogens with one attached hydrogen (secondary N) is 1. The van der Waals surface area contributed by atoms with E-state index in [1.165, 1.54) is 12.1 Å². The van der Waals surface area contributed by atoms with Crippen LogP contribution in [0.1, 0.15) is 29.2 Å². The Kier molecular flexibility index (Phi) is 5.08. The monoisotopic (exact) mass is 346 g/mol. The Morgan fingerprint density at radius 1 is 1.36 bits per heavy atom. The number of halogens is 2. The molecule has 0 aliphatic carbocycles. The lowest BCUT2D eigenvalue weighted by atomic mass is 9.95. The number of hydrogen-bond acceptors (Lipinski definition) is 3. The van der Waals surface area contributed by atoms with Gasteiger partial charge in [-0.3, -0.25) is 9.78 Å².